The molecule has 1 saturated carbocycles. The van der Waals surface area contributed by atoms with Gasteiger partial charge in [0.25, 0.3) is 5.91 Å². The maximum atomic E-state index is 11.7. The molecule has 0 atom stereocenters. The Morgan fingerprint density at radius 3 is 2.56 bits per heavy atom. The van der Waals surface area contributed by atoms with Crippen molar-refractivity contribution in [2.24, 2.45) is 5.92 Å². The summed E-state index contributed by atoms with van der Waals surface area (Å²) in [6, 6.07) is 9.78. The number of para-hydroxylation sites is 1. The molecule has 1 fully saturated rings. The van der Waals surface area contributed by atoms with Crippen molar-refractivity contribution in [3.05, 3.63) is 30.3 Å². The number of amides is 1. The summed E-state index contributed by atoms with van der Waals surface area (Å²) >= 11 is 0. The molecule has 1 aliphatic carbocycles. The van der Waals surface area contributed by atoms with E-state index >= 15 is 0 Å². The smallest absolute Gasteiger partial charge is 0.258 e. The minimum absolute atomic E-state index is 0.0154. The van der Waals surface area contributed by atoms with E-state index in [1.807, 2.05) is 30.3 Å². The Hall–Kier alpha value is -1.51. The van der Waals surface area contributed by atoms with E-state index in [0.717, 1.165) is 24.5 Å². The average Bonchev–Trinajstić information content (AvgIpc) is 2.40. The standard InChI is InChI=1S/C15H21NO2/c1-12-7-9-13(10-8-12)16-15(17)11-18-14-5-3-2-4-6-14/h2-6,12-13H,7-11H2,1H3,(H,16,17). The molecule has 3 nitrogen and oxygen atoms in total. The van der Waals surface area contributed by atoms with Gasteiger partial charge in [0.1, 0.15) is 5.75 Å². The average molecular weight is 247 g/mol. The molecule has 0 radical (unpaired) electrons. The Balaban J connectivity index is 1.69. The Kier molecular flexibility index (Phi) is 4.62. The van der Waals surface area contributed by atoms with Gasteiger partial charge in [0, 0.05) is 6.04 Å². The van der Waals surface area contributed by atoms with Crippen molar-refractivity contribution in [1.29, 1.82) is 0 Å². The molecular weight excluding hydrogens is 226 g/mol. The van der Waals surface area contributed by atoms with Crippen molar-refractivity contribution < 1.29 is 9.53 Å². The van der Waals surface area contributed by atoms with Crippen LogP contribution in [0.25, 0.3) is 0 Å². The molecule has 1 aromatic carbocycles. The molecule has 0 saturated heterocycles. The van der Waals surface area contributed by atoms with Crippen molar-refractivity contribution in [3.8, 4) is 5.75 Å². The van der Waals surface area contributed by atoms with E-state index in [-0.39, 0.29) is 12.5 Å². The van der Waals surface area contributed by atoms with Crippen molar-refractivity contribution in [3.63, 3.8) is 0 Å². The van der Waals surface area contributed by atoms with Gasteiger partial charge in [-0.15, -0.1) is 0 Å². The molecule has 18 heavy (non-hydrogen) atoms. The molecule has 1 N–H and O–H groups in total. The van der Waals surface area contributed by atoms with E-state index in [2.05, 4.69) is 12.2 Å². The summed E-state index contributed by atoms with van der Waals surface area (Å²) in [4.78, 5) is 11.7. The Morgan fingerprint density at radius 1 is 1.22 bits per heavy atom. The second-order valence-electron chi connectivity index (χ2n) is 5.13. The van der Waals surface area contributed by atoms with Crippen LogP contribution in [0.1, 0.15) is 32.6 Å². The molecule has 0 heterocycles. The molecule has 1 aliphatic rings. The highest BCUT2D eigenvalue weighted by molar-refractivity contribution is 5.77. The maximum Gasteiger partial charge on any atom is 0.258 e. The monoisotopic (exact) mass is 247 g/mol. The van der Waals surface area contributed by atoms with Crippen molar-refractivity contribution in [1.82, 2.24) is 5.32 Å². The first-order chi connectivity index (χ1) is 8.74. The van der Waals surface area contributed by atoms with Crippen LogP contribution in [0.4, 0.5) is 0 Å². The van der Waals surface area contributed by atoms with Crippen LogP contribution in [0, 0.1) is 5.92 Å². The third-order valence-electron chi connectivity index (χ3n) is 3.49. The van der Waals surface area contributed by atoms with Gasteiger partial charge in [0.15, 0.2) is 6.61 Å². The maximum absolute atomic E-state index is 11.7. The fourth-order valence-corrected chi connectivity index (χ4v) is 2.34. The van der Waals surface area contributed by atoms with E-state index < -0.39 is 0 Å². The highest BCUT2D eigenvalue weighted by Gasteiger charge is 2.19. The highest BCUT2D eigenvalue weighted by Crippen LogP contribution is 2.23. The summed E-state index contributed by atoms with van der Waals surface area (Å²) in [6.07, 6.45) is 4.62. The normalized spacial score (nSPS) is 23.4. The van der Waals surface area contributed by atoms with E-state index in [4.69, 9.17) is 4.74 Å². The number of rotatable bonds is 4. The van der Waals surface area contributed by atoms with Crippen LogP contribution in [0.5, 0.6) is 5.75 Å². The highest BCUT2D eigenvalue weighted by atomic mass is 16.5. The van der Waals surface area contributed by atoms with Crippen LogP contribution in [0.2, 0.25) is 0 Å². The fourth-order valence-electron chi connectivity index (χ4n) is 2.34. The Morgan fingerprint density at radius 2 is 1.89 bits per heavy atom. The largest absolute Gasteiger partial charge is 0.484 e. The molecule has 0 aromatic heterocycles. The topological polar surface area (TPSA) is 38.3 Å². The number of ether oxygens (including phenoxy) is 1. The van der Waals surface area contributed by atoms with Crippen molar-refractivity contribution in [2.45, 2.75) is 38.6 Å². The number of hydrogen-bond acceptors (Lipinski definition) is 2. The summed E-state index contributed by atoms with van der Waals surface area (Å²) in [5.74, 6) is 1.53. The van der Waals surface area contributed by atoms with Gasteiger partial charge in [-0.3, -0.25) is 4.79 Å². The van der Waals surface area contributed by atoms with Crippen LogP contribution in [-0.2, 0) is 4.79 Å². The summed E-state index contributed by atoms with van der Waals surface area (Å²) in [5, 5.41) is 3.05. The summed E-state index contributed by atoms with van der Waals surface area (Å²) in [6.45, 7) is 2.38. The lowest BCUT2D eigenvalue weighted by molar-refractivity contribution is -0.124. The molecule has 3 heteroatoms. The van der Waals surface area contributed by atoms with Crippen LogP contribution >= 0.6 is 0 Å². The number of nitrogens with one attached hydrogen (secondary N) is 1. The molecule has 2 rings (SSSR count). The van der Waals surface area contributed by atoms with Crippen LogP contribution in [0.3, 0.4) is 0 Å². The molecule has 0 aliphatic heterocycles. The predicted octanol–water partition coefficient (Wildman–Crippen LogP) is 2.76. The van der Waals surface area contributed by atoms with Crippen molar-refractivity contribution >= 4 is 5.91 Å². The first-order valence-corrected chi connectivity index (χ1v) is 6.71. The minimum Gasteiger partial charge on any atom is -0.484 e. The van der Waals surface area contributed by atoms with Crippen LogP contribution < -0.4 is 10.1 Å². The third-order valence-corrected chi connectivity index (χ3v) is 3.49. The van der Waals surface area contributed by atoms with Crippen LogP contribution in [0.15, 0.2) is 30.3 Å². The van der Waals surface area contributed by atoms with Gasteiger partial charge >= 0.3 is 0 Å². The van der Waals surface area contributed by atoms with Gasteiger partial charge < -0.3 is 10.1 Å². The van der Waals surface area contributed by atoms with Gasteiger partial charge in [0.05, 0.1) is 0 Å². The van der Waals surface area contributed by atoms with Gasteiger partial charge in [-0.25, -0.2) is 0 Å². The van der Waals surface area contributed by atoms with Gasteiger partial charge in [-0.1, -0.05) is 25.1 Å². The Bertz CT molecular complexity index is 369. The van der Waals surface area contributed by atoms with Gasteiger partial charge in [0.2, 0.25) is 0 Å². The predicted molar refractivity (Wildman–Crippen MR) is 71.5 cm³/mol. The van der Waals surface area contributed by atoms with Crippen LogP contribution in [-0.4, -0.2) is 18.6 Å². The molecule has 1 amide bonds. The van der Waals surface area contributed by atoms with Gasteiger partial charge in [-0.2, -0.15) is 0 Å². The molecule has 0 spiro atoms. The third kappa shape index (κ3) is 4.06. The summed E-state index contributed by atoms with van der Waals surface area (Å²) in [5.41, 5.74) is 0. The molecule has 0 unspecified atom stereocenters. The second kappa shape index (κ2) is 6.43. The quantitative estimate of drug-likeness (QED) is 0.888. The molecular formula is C15H21NO2. The SMILES string of the molecule is CC1CCC(NC(=O)COc2ccccc2)CC1. The summed E-state index contributed by atoms with van der Waals surface area (Å²) < 4.78 is 5.42. The molecule has 0 bridgehead atoms. The lowest BCUT2D eigenvalue weighted by Crippen LogP contribution is -2.39. The summed E-state index contributed by atoms with van der Waals surface area (Å²) in [7, 11) is 0. The van der Waals surface area contributed by atoms with Gasteiger partial charge in [-0.05, 0) is 43.7 Å². The lowest BCUT2D eigenvalue weighted by atomic mass is 9.87. The zero-order valence-electron chi connectivity index (χ0n) is 10.9. The Labute approximate surface area is 109 Å². The second-order valence-corrected chi connectivity index (χ2v) is 5.13. The number of carbonyl (C=O) groups excluding carboxylic acids is 1. The fraction of sp³-hybridized carbons (Fsp3) is 0.533. The minimum atomic E-state index is -0.0154. The zero-order chi connectivity index (χ0) is 12.8. The van der Waals surface area contributed by atoms with Crippen molar-refractivity contribution in [2.75, 3.05) is 6.61 Å². The van der Waals surface area contributed by atoms with E-state index in [1.165, 1.54) is 12.8 Å². The molecule has 98 valence electrons. The molecule has 1 aromatic rings. The number of carbonyl (C=O) groups is 1. The first-order valence-electron chi connectivity index (χ1n) is 6.71. The number of benzene rings is 1. The van der Waals surface area contributed by atoms with E-state index in [9.17, 15) is 4.79 Å². The van der Waals surface area contributed by atoms with E-state index in [0.29, 0.717) is 6.04 Å². The van der Waals surface area contributed by atoms with E-state index in [1.54, 1.807) is 0 Å². The zero-order valence-corrected chi connectivity index (χ0v) is 10.9. The first kappa shape index (κ1) is 12.9. The number of hydrogen-bond donors (Lipinski definition) is 1. The lowest BCUT2D eigenvalue weighted by Gasteiger charge is -2.26.